The number of methoxy groups -OCH3 is 1. The SMILES string of the molecule is COC(=O)CCCN(C)CC1Cc2cc(Br)ccc2O1. The average Bonchev–Trinajstić information content (AvgIpc) is 2.79. The first-order valence-electron chi connectivity index (χ1n) is 6.79. The summed E-state index contributed by atoms with van der Waals surface area (Å²) in [4.78, 5) is 13.3. The molecule has 5 heteroatoms. The molecule has 1 aromatic rings. The third-order valence-electron chi connectivity index (χ3n) is 3.43. The topological polar surface area (TPSA) is 38.8 Å². The van der Waals surface area contributed by atoms with Crippen LogP contribution in [-0.2, 0) is 16.0 Å². The number of hydrogen-bond donors (Lipinski definition) is 0. The van der Waals surface area contributed by atoms with Gasteiger partial charge in [-0.15, -0.1) is 0 Å². The van der Waals surface area contributed by atoms with Gasteiger partial charge in [-0.25, -0.2) is 0 Å². The molecule has 0 radical (unpaired) electrons. The number of hydrogen-bond acceptors (Lipinski definition) is 4. The Hall–Kier alpha value is -1.07. The van der Waals surface area contributed by atoms with Gasteiger partial charge in [0.05, 0.1) is 7.11 Å². The van der Waals surface area contributed by atoms with Gasteiger partial charge in [0, 0.05) is 23.9 Å². The lowest BCUT2D eigenvalue weighted by Gasteiger charge is -2.20. The highest BCUT2D eigenvalue weighted by Crippen LogP contribution is 2.31. The predicted molar refractivity (Wildman–Crippen MR) is 81.0 cm³/mol. The summed E-state index contributed by atoms with van der Waals surface area (Å²) in [6.07, 6.45) is 2.42. The van der Waals surface area contributed by atoms with Crippen LogP contribution < -0.4 is 4.74 Å². The molecule has 1 heterocycles. The molecule has 110 valence electrons. The van der Waals surface area contributed by atoms with E-state index in [1.807, 2.05) is 12.1 Å². The molecule has 0 aliphatic carbocycles. The maximum absolute atomic E-state index is 11.0. The maximum atomic E-state index is 11.0. The summed E-state index contributed by atoms with van der Waals surface area (Å²) in [7, 11) is 3.48. The molecule has 4 nitrogen and oxygen atoms in total. The second-order valence-corrected chi connectivity index (χ2v) is 6.05. The molecular weight excluding hydrogens is 322 g/mol. The molecule has 0 aromatic heterocycles. The average molecular weight is 342 g/mol. The summed E-state index contributed by atoms with van der Waals surface area (Å²) in [5.74, 6) is 0.842. The van der Waals surface area contributed by atoms with E-state index in [-0.39, 0.29) is 12.1 Å². The summed E-state index contributed by atoms with van der Waals surface area (Å²) in [5.41, 5.74) is 1.26. The maximum Gasteiger partial charge on any atom is 0.305 e. The predicted octanol–water partition coefficient (Wildman–Crippen LogP) is 2.64. The van der Waals surface area contributed by atoms with Gasteiger partial charge < -0.3 is 14.4 Å². The molecule has 2 rings (SSSR count). The van der Waals surface area contributed by atoms with Gasteiger partial charge in [-0.3, -0.25) is 4.79 Å². The molecule has 1 aliphatic rings. The Kier molecular flexibility index (Phi) is 5.43. The zero-order valence-electron chi connectivity index (χ0n) is 11.9. The molecule has 0 spiro atoms. The number of ether oxygens (including phenoxy) is 2. The Morgan fingerprint density at radius 3 is 3.10 bits per heavy atom. The molecule has 1 atom stereocenters. The van der Waals surface area contributed by atoms with Gasteiger partial charge in [0.15, 0.2) is 0 Å². The number of rotatable bonds is 6. The van der Waals surface area contributed by atoms with E-state index in [9.17, 15) is 4.79 Å². The van der Waals surface area contributed by atoms with Gasteiger partial charge in [0.2, 0.25) is 0 Å². The van der Waals surface area contributed by atoms with Crippen LogP contribution in [0.2, 0.25) is 0 Å². The van der Waals surface area contributed by atoms with Crippen molar-refractivity contribution in [1.29, 1.82) is 0 Å². The van der Waals surface area contributed by atoms with Crippen molar-refractivity contribution in [3.63, 3.8) is 0 Å². The molecular formula is C15H20BrNO3. The smallest absolute Gasteiger partial charge is 0.305 e. The normalized spacial score (nSPS) is 16.9. The fraction of sp³-hybridized carbons (Fsp3) is 0.533. The van der Waals surface area contributed by atoms with Gasteiger partial charge in [-0.05, 0) is 43.8 Å². The first kappa shape index (κ1) is 15.3. The van der Waals surface area contributed by atoms with Crippen LogP contribution in [0.25, 0.3) is 0 Å². The van der Waals surface area contributed by atoms with Crippen LogP contribution in [0.4, 0.5) is 0 Å². The number of carbonyl (C=O) groups excluding carboxylic acids is 1. The highest BCUT2D eigenvalue weighted by molar-refractivity contribution is 9.10. The molecule has 1 aliphatic heterocycles. The fourth-order valence-electron chi connectivity index (χ4n) is 2.43. The number of benzene rings is 1. The Morgan fingerprint density at radius 1 is 1.55 bits per heavy atom. The van der Waals surface area contributed by atoms with Crippen LogP contribution in [0, 0.1) is 0 Å². The number of carbonyl (C=O) groups is 1. The minimum Gasteiger partial charge on any atom is -0.488 e. The standard InChI is InChI=1S/C15H20BrNO3/c1-17(7-3-4-15(18)19-2)10-13-9-11-8-12(16)5-6-14(11)20-13/h5-6,8,13H,3-4,7,9-10H2,1-2H3. The van der Waals surface area contributed by atoms with Crippen LogP contribution in [0.3, 0.4) is 0 Å². The van der Waals surface area contributed by atoms with Crippen molar-refractivity contribution in [2.24, 2.45) is 0 Å². The zero-order chi connectivity index (χ0) is 14.5. The molecule has 1 aromatic carbocycles. The van der Waals surface area contributed by atoms with Crippen LogP contribution >= 0.6 is 15.9 Å². The largest absolute Gasteiger partial charge is 0.488 e. The van der Waals surface area contributed by atoms with Crippen LogP contribution in [-0.4, -0.2) is 44.2 Å². The lowest BCUT2D eigenvalue weighted by Crippen LogP contribution is -2.32. The summed E-state index contributed by atoms with van der Waals surface area (Å²) in [6.45, 7) is 1.74. The lowest BCUT2D eigenvalue weighted by atomic mass is 10.1. The minimum absolute atomic E-state index is 0.146. The molecule has 0 fully saturated rings. The van der Waals surface area contributed by atoms with Gasteiger partial charge in [0.1, 0.15) is 11.9 Å². The second kappa shape index (κ2) is 7.09. The number of fused-ring (bicyclic) bond motifs is 1. The van der Waals surface area contributed by atoms with Crippen molar-refractivity contribution in [3.8, 4) is 5.75 Å². The molecule has 0 amide bonds. The summed E-state index contributed by atoms with van der Waals surface area (Å²) < 4.78 is 11.6. The molecule has 0 bridgehead atoms. The summed E-state index contributed by atoms with van der Waals surface area (Å²) in [6, 6.07) is 6.13. The van der Waals surface area contributed by atoms with Gasteiger partial charge in [0.25, 0.3) is 0 Å². The Balaban J connectivity index is 1.74. The Bertz CT molecular complexity index is 478. The van der Waals surface area contributed by atoms with Gasteiger partial charge in [-0.2, -0.15) is 0 Å². The Labute approximate surface area is 128 Å². The summed E-state index contributed by atoms with van der Waals surface area (Å²) in [5, 5.41) is 0. The first-order chi connectivity index (χ1) is 9.58. The van der Waals surface area contributed by atoms with Crippen LogP contribution in [0.1, 0.15) is 18.4 Å². The van der Waals surface area contributed by atoms with E-state index in [0.717, 1.165) is 36.2 Å². The molecule has 0 saturated carbocycles. The third-order valence-corrected chi connectivity index (χ3v) is 3.92. The lowest BCUT2D eigenvalue weighted by molar-refractivity contribution is -0.140. The zero-order valence-corrected chi connectivity index (χ0v) is 13.5. The van der Waals surface area contributed by atoms with Gasteiger partial charge >= 0.3 is 5.97 Å². The van der Waals surface area contributed by atoms with Crippen molar-refractivity contribution in [1.82, 2.24) is 4.90 Å². The van der Waals surface area contributed by atoms with Crippen molar-refractivity contribution >= 4 is 21.9 Å². The van der Waals surface area contributed by atoms with E-state index in [2.05, 4.69) is 38.7 Å². The van der Waals surface area contributed by atoms with Crippen molar-refractivity contribution < 1.29 is 14.3 Å². The van der Waals surface area contributed by atoms with Crippen molar-refractivity contribution in [2.75, 3.05) is 27.2 Å². The van der Waals surface area contributed by atoms with Gasteiger partial charge in [-0.1, -0.05) is 15.9 Å². The van der Waals surface area contributed by atoms with E-state index >= 15 is 0 Å². The number of likely N-dealkylation sites (N-methyl/N-ethyl adjacent to an activating group) is 1. The third kappa shape index (κ3) is 4.21. The van der Waals surface area contributed by atoms with E-state index in [1.54, 1.807) is 0 Å². The number of esters is 1. The van der Waals surface area contributed by atoms with E-state index < -0.39 is 0 Å². The monoisotopic (exact) mass is 341 g/mol. The quantitative estimate of drug-likeness (QED) is 0.745. The number of nitrogens with zero attached hydrogens (tertiary/aromatic N) is 1. The highest BCUT2D eigenvalue weighted by atomic mass is 79.9. The van der Waals surface area contributed by atoms with E-state index in [1.165, 1.54) is 12.7 Å². The van der Waals surface area contributed by atoms with Crippen LogP contribution in [0.15, 0.2) is 22.7 Å². The highest BCUT2D eigenvalue weighted by Gasteiger charge is 2.23. The Morgan fingerprint density at radius 2 is 2.35 bits per heavy atom. The summed E-state index contributed by atoms with van der Waals surface area (Å²) >= 11 is 3.48. The molecule has 0 N–H and O–H groups in total. The molecule has 1 unspecified atom stereocenters. The van der Waals surface area contributed by atoms with E-state index in [0.29, 0.717) is 6.42 Å². The van der Waals surface area contributed by atoms with E-state index in [4.69, 9.17) is 4.74 Å². The van der Waals surface area contributed by atoms with Crippen molar-refractivity contribution in [3.05, 3.63) is 28.2 Å². The number of halogens is 1. The van der Waals surface area contributed by atoms with Crippen molar-refractivity contribution in [2.45, 2.75) is 25.4 Å². The molecule has 0 saturated heterocycles. The minimum atomic E-state index is -0.146. The molecule has 20 heavy (non-hydrogen) atoms. The first-order valence-corrected chi connectivity index (χ1v) is 7.58. The second-order valence-electron chi connectivity index (χ2n) is 5.14. The van der Waals surface area contributed by atoms with Crippen LogP contribution in [0.5, 0.6) is 5.75 Å². The fourth-order valence-corrected chi connectivity index (χ4v) is 2.83.